The van der Waals surface area contributed by atoms with Crippen molar-refractivity contribution in [1.29, 1.82) is 0 Å². The van der Waals surface area contributed by atoms with Crippen LogP contribution in [0.15, 0.2) is 55.1 Å². The molecule has 1 amide bonds. The molecule has 0 radical (unpaired) electrons. The van der Waals surface area contributed by atoms with Crippen molar-refractivity contribution in [2.45, 2.75) is 52.5 Å². The predicted molar refractivity (Wildman–Crippen MR) is 169 cm³/mol. The number of pyridine rings is 1. The van der Waals surface area contributed by atoms with E-state index < -0.39 is 0 Å². The number of nitrogens with zero attached hydrogens (tertiary/aromatic N) is 3. The lowest BCUT2D eigenvalue weighted by Crippen LogP contribution is -2.54. The second kappa shape index (κ2) is 14.4. The van der Waals surface area contributed by atoms with Gasteiger partial charge < -0.3 is 31.8 Å². The fourth-order valence-electron chi connectivity index (χ4n) is 4.84. The average Bonchev–Trinajstić information content (AvgIpc) is 3.43. The van der Waals surface area contributed by atoms with Crippen molar-refractivity contribution in [1.82, 2.24) is 25.3 Å². The molecule has 1 atom stereocenters. The second-order valence-electron chi connectivity index (χ2n) is 11.6. The third-order valence-corrected chi connectivity index (χ3v) is 7.57. The first-order valence-corrected chi connectivity index (χ1v) is 14.7. The Bertz CT molecular complexity index is 1440. The molecule has 6 rings (SSSR count). The summed E-state index contributed by atoms with van der Waals surface area (Å²) in [5.74, 6) is 2.57. The maximum atomic E-state index is 12.5. The lowest BCUT2D eigenvalue weighted by Gasteiger charge is -2.33. The van der Waals surface area contributed by atoms with Crippen LogP contribution in [0.4, 0.5) is 11.6 Å². The first-order chi connectivity index (χ1) is 20.2. The van der Waals surface area contributed by atoms with Gasteiger partial charge in [0, 0.05) is 23.5 Å². The third-order valence-electron chi connectivity index (χ3n) is 7.57. The number of hydrogen-bond donors (Lipinski definition) is 5. The Morgan fingerprint density at radius 2 is 1.90 bits per heavy atom. The number of aromatic amines is 1. The van der Waals surface area contributed by atoms with Crippen molar-refractivity contribution >= 4 is 28.6 Å². The van der Waals surface area contributed by atoms with Gasteiger partial charge in [0.25, 0.3) is 5.91 Å². The quantitative estimate of drug-likeness (QED) is 0.228. The highest BCUT2D eigenvalue weighted by Gasteiger charge is 2.27. The van der Waals surface area contributed by atoms with E-state index in [2.05, 4.69) is 51.3 Å². The summed E-state index contributed by atoms with van der Waals surface area (Å²) in [5, 5.41) is 7.02. The molecular formula is C32H44N8O2. The number of ether oxygens (including phenoxy) is 1. The second-order valence-corrected chi connectivity index (χ2v) is 11.6. The van der Waals surface area contributed by atoms with Gasteiger partial charge in [0.15, 0.2) is 0 Å². The normalized spacial score (nSPS) is 17.3. The number of carbonyl (C=O) groups is 1. The summed E-state index contributed by atoms with van der Waals surface area (Å²) in [5.41, 5.74) is 15.6. The smallest absolute Gasteiger partial charge is 0.256 e. The molecule has 0 saturated carbocycles. The van der Waals surface area contributed by atoms with Gasteiger partial charge in [-0.2, -0.15) is 0 Å². The lowest BCUT2D eigenvalue weighted by atomic mass is 9.89. The van der Waals surface area contributed by atoms with Gasteiger partial charge in [-0.25, -0.2) is 15.0 Å². The minimum atomic E-state index is -0.205. The lowest BCUT2D eigenvalue weighted by molar-refractivity contribution is -0.0433. The summed E-state index contributed by atoms with van der Waals surface area (Å²) in [6.45, 7) is 12.6. The summed E-state index contributed by atoms with van der Waals surface area (Å²) < 4.78 is 4.81. The molecule has 10 heteroatoms. The number of piperidine rings is 1. The molecule has 3 aromatic heterocycles. The number of benzene rings is 1. The highest BCUT2D eigenvalue weighted by Crippen LogP contribution is 2.30. The van der Waals surface area contributed by atoms with Gasteiger partial charge in [-0.05, 0) is 86.5 Å². The van der Waals surface area contributed by atoms with Crippen molar-refractivity contribution in [2.24, 2.45) is 17.6 Å². The van der Waals surface area contributed by atoms with Crippen LogP contribution in [0.1, 0.15) is 56.5 Å². The van der Waals surface area contributed by atoms with Gasteiger partial charge in [0.05, 0.1) is 24.1 Å². The molecule has 1 aromatic carbocycles. The summed E-state index contributed by atoms with van der Waals surface area (Å²) in [4.78, 5) is 28.0. The molecule has 0 unspecified atom stereocenters. The van der Waals surface area contributed by atoms with E-state index >= 15 is 0 Å². The van der Waals surface area contributed by atoms with E-state index in [1.165, 1.54) is 32.3 Å². The minimum absolute atomic E-state index is 0. The number of nitrogen functional groups attached to an aromatic ring is 1. The molecule has 42 heavy (non-hydrogen) atoms. The molecule has 0 bridgehead atoms. The van der Waals surface area contributed by atoms with Crippen molar-refractivity contribution in [3.8, 4) is 11.1 Å². The largest absolute Gasteiger partial charge is 0.383 e. The Balaban J connectivity index is 0.000000220. The van der Waals surface area contributed by atoms with Crippen LogP contribution in [0.3, 0.4) is 0 Å². The first kappa shape index (κ1) is 31.1. The maximum absolute atomic E-state index is 12.5. The zero-order valence-electron chi connectivity index (χ0n) is 25.1. The molecule has 2 fully saturated rings. The fourth-order valence-corrected chi connectivity index (χ4v) is 4.84. The molecule has 2 aliphatic rings. The van der Waals surface area contributed by atoms with Crippen molar-refractivity contribution < 1.29 is 9.53 Å². The highest BCUT2D eigenvalue weighted by atomic mass is 16.5. The summed E-state index contributed by atoms with van der Waals surface area (Å²) >= 11 is 0. The van der Waals surface area contributed by atoms with Crippen LogP contribution in [0.5, 0.6) is 0 Å². The van der Waals surface area contributed by atoms with Crippen molar-refractivity contribution in [2.75, 3.05) is 37.4 Å². The molecule has 0 spiro atoms. The van der Waals surface area contributed by atoms with E-state index in [0.717, 1.165) is 53.5 Å². The van der Waals surface area contributed by atoms with Gasteiger partial charge in [0.1, 0.15) is 23.6 Å². The van der Waals surface area contributed by atoms with Crippen LogP contribution >= 0.6 is 0 Å². The predicted octanol–water partition coefficient (Wildman–Crippen LogP) is 4.79. The zero-order valence-corrected chi connectivity index (χ0v) is 25.1. The first-order valence-electron chi connectivity index (χ1n) is 14.7. The van der Waals surface area contributed by atoms with Crippen LogP contribution in [0.25, 0.3) is 22.2 Å². The standard InChI is InChI=1S/C20H18N6O.C8H17N.C4H9NO/c1-2-12-7-8-22-16(9-12)26-20(27)14-5-3-13(4-6-14)15-10-23-19-17(15)18(21)24-11-25-19;1-7(2)8-4-3-5-9-6-8;1-4(5)2-6-3-4/h3-11H,2H2,1H3,(H,22,26,27)(H3,21,23,24,25);7-9H,3-6H2,1-2H3;2-3,5H2,1H3/t;8-;/m.1./s1. The molecular weight excluding hydrogens is 528 g/mol. The summed E-state index contributed by atoms with van der Waals surface area (Å²) in [6.07, 6.45) is 8.66. The third kappa shape index (κ3) is 8.34. The number of hydrogen-bond acceptors (Lipinski definition) is 8. The number of fused-ring (bicyclic) bond motifs is 1. The van der Waals surface area contributed by atoms with E-state index in [9.17, 15) is 4.79 Å². The molecule has 7 N–H and O–H groups in total. The van der Waals surface area contributed by atoms with E-state index in [1.807, 2.05) is 37.4 Å². The Morgan fingerprint density at radius 1 is 1.17 bits per heavy atom. The molecule has 0 aliphatic carbocycles. The van der Waals surface area contributed by atoms with E-state index in [0.29, 0.717) is 22.8 Å². The van der Waals surface area contributed by atoms with E-state index in [4.69, 9.17) is 16.2 Å². The molecule has 2 aliphatic heterocycles. The molecule has 10 nitrogen and oxygen atoms in total. The number of anilines is 2. The Hall–Kier alpha value is -3.86. The van der Waals surface area contributed by atoms with Crippen LogP contribution in [0.2, 0.25) is 0 Å². The monoisotopic (exact) mass is 572 g/mol. The van der Waals surface area contributed by atoms with Gasteiger partial charge in [-0.3, -0.25) is 4.79 Å². The van der Waals surface area contributed by atoms with Crippen LogP contribution in [-0.4, -0.2) is 57.7 Å². The van der Waals surface area contributed by atoms with Crippen molar-refractivity contribution in [3.63, 3.8) is 0 Å². The van der Waals surface area contributed by atoms with Crippen LogP contribution in [0, 0.1) is 11.8 Å². The highest BCUT2D eigenvalue weighted by molar-refractivity contribution is 6.05. The number of aromatic nitrogens is 4. The van der Waals surface area contributed by atoms with E-state index in [1.54, 1.807) is 18.3 Å². The van der Waals surface area contributed by atoms with Crippen LogP contribution < -0.4 is 22.1 Å². The van der Waals surface area contributed by atoms with Gasteiger partial charge in [-0.15, -0.1) is 0 Å². The Labute approximate surface area is 248 Å². The number of aryl methyl sites for hydroxylation is 1. The summed E-state index contributed by atoms with van der Waals surface area (Å²) in [7, 11) is 0. The number of amides is 1. The molecule has 5 heterocycles. The fraction of sp³-hybridized carbons (Fsp3) is 0.438. The minimum Gasteiger partial charge on any atom is -0.383 e. The van der Waals surface area contributed by atoms with Gasteiger partial charge in [-0.1, -0.05) is 32.9 Å². The molecule has 2 saturated heterocycles. The maximum Gasteiger partial charge on any atom is 0.256 e. The van der Waals surface area contributed by atoms with Crippen molar-refractivity contribution in [3.05, 3.63) is 66.2 Å². The topological polar surface area (TPSA) is 157 Å². The van der Waals surface area contributed by atoms with Gasteiger partial charge >= 0.3 is 0 Å². The number of carbonyl (C=O) groups excluding carboxylic acids is 1. The SMILES string of the molecule is CC(C)[C@@H]1CCCNC1.CC1(N)COC1.CCc1ccnc(NC(=O)c2ccc(-c3c[nH]c4ncnc(N)c34)cc2)c1. The van der Waals surface area contributed by atoms with Crippen LogP contribution in [-0.2, 0) is 11.2 Å². The number of H-pyrrole nitrogens is 1. The summed E-state index contributed by atoms with van der Waals surface area (Å²) in [6, 6.07) is 11.1. The number of nitrogens with two attached hydrogens (primary N) is 2. The van der Waals surface area contributed by atoms with E-state index in [-0.39, 0.29) is 11.4 Å². The molecule has 224 valence electrons. The molecule has 4 aromatic rings. The number of nitrogens with one attached hydrogen (secondary N) is 3. The average molecular weight is 573 g/mol. The Morgan fingerprint density at radius 3 is 2.48 bits per heavy atom. The zero-order chi connectivity index (χ0) is 30.1. The Kier molecular flexibility index (Phi) is 10.6. The van der Waals surface area contributed by atoms with Gasteiger partial charge in [0.2, 0.25) is 0 Å². The number of rotatable bonds is 5.